The molecule has 0 aliphatic carbocycles. The predicted octanol–water partition coefficient (Wildman–Crippen LogP) is 4.04. The molecule has 0 aliphatic heterocycles. The highest BCUT2D eigenvalue weighted by Gasteiger charge is 2.18. The molecule has 4 rings (SSSR count). The maximum absolute atomic E-state index is 13.2. The van der Waals surface area contributed by atoms with Gasteiger partial charge in [-0.3, -0.25) is 14.0 Å². The second-order valence-electron chi connectivity index (χ2n) is 6.80. The molecule has 1 amide bonds. The van der Waals surface area contributed by atoms with E-state index in [4.69, 9.17) is 9.47 Å². The Labute approximate surface area is 189 Å². The minimum absolute atomic E-state index is 0.0183. The van der Waals surface area contributed by atoms with Crippen molar-refractivity contribution in [1.82, 2.24) is 9.38 Å². The van der Waals surface area contributed by atoms with Gasteiger partial charge in [-0.2, -0.15) is 10.2 Å². The van der Waals surface area contributed by atoms with E-state index in [0.29, 0.717) is 22.8 Å². The van der Waals surface area contributed by atoms with E-state index in [2.05, 4.69) is 10.3 Å². The van der Waals surface area contributed by atoms with E-state index >= 15 is 0 Å². The lowest BCUT2D eigenvalue weighted by molar-refractivity contribution is -0.112. The van der Waals surface area contributed by atoms with Gasteiger partial charge in [-0.15, -0.1) is 0 Å². The molecule has 2 aromatic heterocycles. The number of ether oxygens (including phenoxy) is 2. The molecule has 8 nitrogen and oxygen atoms in total. The number of methoxy groups -OCH3 is 1. The molecule has 33 heavy (non-hydrogen) atoms. The van der Waals surface area contributed by atoms with Crippen molar-refractivity contribution in [3.63, 3.8) is 0 Å². The summed E-state index contributed by atoms with van der Waals surface area (Å²) in [7, 11) is 1.47. The largest absolute Gasteiger partial charge is 0.495 e. The van der Waals surface area contributed by atoms with Crippen molar-refractivity contribution in [2.45, 2.75) is 0 Å². The summed E-state index contributed by atoms with van der Waals surface area (Å²) in [6.45, 7) is 0. The number of carbonyl (C=O) groups is 1. The number of pyridine rings is 1. The van der Waals surface area contributed by atoms with Crippen molar-refractivity contribution >= 4 is 23.3 Å². The van der Waals surface area contributed by atoms with Crippen LogP contribution < -0.4 is 20.3 Å². The minimum Gasteiger partial charge on any atom is -0.495 e. The van der Waals surface area contributed by atoms with Crippen LogP contribution in [0.4, 0.5) is 5.69 Å². The highest BCUT2D eigenvalue weighted by molar-refractivity contribution is 6.10. The van der Waals surface area contributed by atoms with Crippen LogP contribution in [0.2, 0.25) is 0 Å². The van der Waals surface area contributed by atoms with Gasteiger partial charge in [-0.05, 0) is 42.5 Å². The number of para-hydroxylation sites is 3. The molecule has 0 saturated heterocycles. The molecule has 2 aromatic carbocycles. The maximum Gasteiger partial charge on any atom is 0.269 e. The summed E-state index contributed by atoms with van der Waals surface area (Å²) < 4.78 is 12.4. The maximum atomic E-state index is 13.2. The summed E-state index contributed by atoms with van der Waals surface area (Å²) in [5.74, 6) is 0.167. The smallest absolute Gasteiger partial charge is 0.269 e. The summed E-state index contributed by atoms with van der Waals surface area (Å²) in [4.78, 5) is 30.5. The molecule has 0 spiro atoms. The molecule has 0 radical (unpaired) electrons. The zero-order chi connectivity index (χ0) is 23.2. The van der Waals surface area contributed by atoms with Crippen LogP contribution in [-0.4, -0.2) is 22.4 Å². The fourth-order valence-corrected chi connectivity index (χ4v) is 3.11. The fourth-order valence-electron chi connectivity index (χ4n) is 3.11. The standard InChI is InChI=1S/C25H18N4O4/c1-32-21-12-6-5-11-20(21)27-23(30)17(16-26)15-19-24(33-18-9-3-2-4-10-18)28-22-13-7-8-14-29(22)25(19)31/h2-15H,1H3,(H,27,30)/b17-15-. The molecule has 0 aliphatic rings. The number of aromatic nitrogens is 2. The lowest BCUT2D eigenvalue weighted by Gasteiger charge is -2.11. The number of anilines is 1. The van der Waals surface area contributed by atoms with E-state index in [-0.39, 0.29) is 17.0 Å². The summed E-state index contributed by atoms with van der Waals surface area (Å²) in [6, 6.07) is 22.5. The molecule has 0 saturated carbocycles. The van der Waals surface area contributed by atoms with Crippen LogP contribution in [0, 0.1) is 11.3 Å². The SMILES string of the molecule is COc1ccccc1NC(=O)/C(C#N)=C\c1c(Oc2ccccc2)nc2ccccn2c1=O. The third-order valence-corrected chi connectivity index (χ3v) is 4.70. The quantitative estimate of drug-likeness (QED) is 0.360. The van der Waals surface area contributed by atoms with Crippen LogP contribution in [0.25, 0.3) is 11.7 Å². The topological polar surface area (TPSA) is 106 Å². The van der Waals surface area contributed by atoms with Crippen molar-refractivity contribution in [2.24, 2.45) is 0 Å². The Morgan fingerprint density at radius 1 is 1.06 bits per heavy atom. The van der Waals surface area contributed by atoms with E-state index in [1.54, 1.807) is 72.9 Å². The van der Waals surface area contributed by atoms with Gasteiger partial charge in [0.25, 0.3) is 11.5 Å². The zero-order valence-electron chi connectivity index (χ0n) is 17.6. The number of nitrogens with zero attached hydrogens (tertiary/aromatic N) is 3. The van der Waals surface area contributed by atoms with E-state index in [0.717, 1.165) is 0 Å². The van der Waals surface area contributed by atoms with Crippen LogP contribution in [0.3, 0.4) is 0 Å². The van der Waals surface area contributed by atoms with Crippen molar-refractivity contribution < 1.29 is 14.3 Å². The molecule has 0 fully saturated rings. The van der Waals surface area contributed by atoms with Gasteiger partial charge in [0, 0.05) is 6.20 Å². The van der Waals surface area contributed by atoms with Gasteiger partial charge >= 0.3 is 0 Å². The lowest BCUT2D eigenvalue weighted by Crippen LogP contribution is -2.20. The molecule has 0 atom stereocenters. The Hall–Kier alpha value is -4.90. The first-order chi connectivity index (χ1) is 16.1. The van der Waals surface area contributed by atoms with E-state index in [9.17, 15) is 14.9 Å². The predicted molar refractivity (Wildman–Crippen MR) is 123 cm³/mol. The summed E-state index contributed by atoms with van der Waals surface area (Å²) in [5.41, 5.74) is -0.0601. The van der Waals surface area contributed by atoms with Gasteiger partial charge in [-0.25, -0.2) is 0 Å². The number of rotatable bonds is 6. The van der Waals surface area contributed by atoms with Crippen molar-refractivity contribution in [2.75, 3.05) is 12.4 Å². The number of nitrogens with one attached hydrogen (secondary N) is 1. The van der Waals surface area contributed by atoms with Crippen LogP contribution in [0.15, 0.2) is 89.4 Å². The van der Waals surface area contributed by atoms with Gasteiger partial charge in [0.2, 0.25) is 5.88 Å². The molecule has 162 valence electrons. The zero-order valence-corrected chi connectivity index (χ0v) is 17.6. The third kappa shape index (κ3) is 4.57. The Morgan fingerprint density at radius 2 is 1.79 bits per heavy atom. The molecule has 0 bridgehead atoms. The number of nitriles is 1. The second kappa shape index (κ2) is 9.49. The van der Waals surface area contributed by atoms with Gasteiger partial charge < -0.3 is 14.8 Å². The van der Waals surface area contributed by atoms with E-state index < -0.39 is 11.5 Å². The number of fused-ring (bicyclic) bond motifs is 1. The molecule has 1 N–H and O–H groups in total. The molecular weight excluding hydrogens is 420 g/mol. The first kappa shape index (κ1) is 21.3. The van der Waals surface area contributed by atoms with Gasteiger partial charge in [-0.1, -0.05) is 36.4 Å². The van der Waals surface area contributed by atoms with Crippen LogP contribution in [0.5, 0.6) is 17.4 Å². The van der Waals surface area contributed by atoms with E-state index in [1.165, 1.54) is 17.6 Å². The number of amides is 1. The first-order valence-electron chi connectivity index (χ1n) is 9.91. The average Bonchev–Trinajstić information content (AvgIpc) is 2.85. The Bertz CT molecular complexity index is 1450. The number of benzene rings is 2. The van der Waals surface area contributed by atoms with Crippen LogP contribution >= 0.6 is 0 Å². The van der Waals surface area contributed by atoms with Gasteiger partial charge in [0.1, 0.15) is 34.4 Å². The molecule has 8 heteroatoms. The Balaban J connectivity index is 1.80. The Kier molecular flexibility index (Phi) is 6.14. The highest BCUT2D eigenvalue weighted by Crippen LogP contribution is 2.26. The monoisotopic (exact) mass is 438 g/mol. The van der Waals surface area contributed by atoms with Crippen molar-refractivity contribution in [3.8, 4) is 23.4 Å². The fraction of sp³-hybridized carbons (Fsp3) is 0.0400. The minimum atomic E-state index is -0.704. The Morgan fingerprint density at radius 3 is 2.55 bits per heavy atom. The summed E-state index contributed by atoms with van der Waals surface area (Å²) in [6.07, 6.45) is 2.73. The van der Waals surface area contributed by atoms with Crippen LogP contribution in [0.1, 0.15) is 5.56 Å². The lowest BCUT2D eigenvalue weighted by atomic mass is 10.1. The first-order valence-corrected chi connectivity index (χ1v) is 9.91. The van der Waals surface area contributed by atoms with Crippen molar-refractivity contribution in [3.05, 3.63) is 100 Å². The summed E-state index contributed by atoms with van der Waals surface area (Å²) >= 11 is 0. The van der Waals surface area contributed by atoms with Crippen LogP contribution in [-0.2, 0) is 4.79 Å². The summed E-state index contributed by atoms with van der Waals surface area (Å²) in [5, 5.41) is 12.3. The van der Waals surface area contributed by atoms with Gasteiger partial charge in [0.05, 0.1) is 12.8 Å². The average molecular weight is 438 g/mol. The number of hydrogen-bond donors (Lipinski definition) is 1. The highest BCUT2D eigenvalue weighted by atomic mass is 16.5. The number of carbonyl (C=O) groups excluding carboxylic acids is 1. The normalized spacial score (nSPS) is 11.0. The second-order valence-corrected chi connectivity index (χ2v) is 6.80. The van der Waals surface area contributed by atoms with E-state index in [1.807, 2.05) is 12.1 Å². The molecule has 2 heterocycles. The molecule has 4 aromatic rings. The van der Waals surface area contributed by atoms with Gasteiger partial charge in [0.15, 0.2) is 0 Å². The number of hydrogen-bond acceptors (Lipinski definition) is 6. The van der Waals surface area contributed by atoms with Crippen molar-refractivity contribution in [1.29, 1.82) is 5.26 Å². The molecular formula is C25H18N4O4. The molecule has 0 unspecified atom stereocenters. The third-order valence-electron chi connectivity index (χ3n) is 4.70.